The number of fused-ring (bicyclic) bond motifs is 1. The normalized spacial score (nSPS) is 17.1. The summed E-state index contributed by atoms with van der Waals surface area (Å²) in [5.74, 6) is 0.603. The summed E-state index contributed by atoms with van der Waals surface area (Å²) in [7, 11) is 0. The molecule has 1 aliphatic heterocycles. The Morgan fingerprint density at radius 3 is 2.96 bits per heavy atom. The number of pyridine rings is 1. The quantitative estimate of drug-likeness (QED) is 0.717. The number of para-hydroxylation sites is 1. The van der Waals surface area contributed by atoms with Gasteiger partial charge in [0, 0.05) is 23.7 Å². The van der Waals surface area contributed by atoms with E-state index in [2.05, 4.69) is 21.4 Å². The fourth-order valence-corrected chi connectivity index (χ4v) is 3.23. The van der Waals surface area contributed by atoms with Gasteiger partial charge in [0.2, 0.25) is 0 Å². The molecule has 0 amide bonds. The summed E-state index contributed by atoms with van der Waals surface area (Å²) in [6.45, 7) is 1.79. The first kappa shape index (κ1) is 15.0. The van der Waals surface area contributed by atoms with Crippen LogP contribution in [0.15, 0.2) is 36.5 Å². The monoisotopic (exact) mass is 338 g/mol. The number of nitrogens with zero attached hydrogens (tertiary/aromatic N) is 2. The standard InChI is InChI=1S/C18H15ClN4O/c19-18-16(24-12-6-7-21-9-12)5-4-15(23-18)14-10-22-17-11(8-20)2-1-3-13(14)17/h1-5,10,12,21-22H,6-7,9H2. The van der Waals surface area contributed by atoms with E-state index in [-0.39, 0.29) is 6.10 Å². The van der Waals surface area contributed by atoms with Gasteiger partial charge in [-0.25, -0.2) is 4.98 Å². The van der Waals surface area contributed by atoms with Crippen LogP contribution < -0.4 is 10.1 Å². The lowest BCUT2D eigenvalue weighted by Crippen LogP contribution is -2.19. The highest BCUT2D eigenvalue weighted by Crippen LogP contribution is 2.32. The van der Waals surface area contributed by atoms with Crippen LogP contribution in [0, 0.1) is 11.3 Å². The summed E-state index contributed by atoms with van der Waals surface area (Å²) in [4.78, 5) is 7.63. The van der Waals surface area contributed by atoms with Crippen molar-refractivity contribution < 1.29 is 4.74 Å². The molecule has 2 aromatic heterocycles. The van der Waals surface area contributed by atoms with E-state index in [9.17, 15) is 5.26 Å². The summed E-state index contributed by atoms with van der Waals surface area (Å²) < 4.78 is 5.89. The van der Waals surface area contributed by atoms with E-state index in [4.69, 9.17) is 16.3 Å². The lowest BCUT2D eigenvalue weighted by atomic mass is 10.1. The van der Waals surface area contributed by atoms with Crippen molar-refractivity contribution in [2.75, 3.05) is 13.1 Å². The van der Waals surface area contributed by atoms with E-state index in [1.54, 1.807) is 6.07 Å². The summed E-state index contributed by atoms with van der Waals surface area (Å²) in [5.41, 5.74) is 3.08. The van der Waals surface area contributed by atoms with Crippen LogP contribution >= 0.6 is 11.6 Å². The van der Waals surface area contributed by atoms with Crippen molar-refractivity contribution in [3.63, 3.8) is 0 Å². The van der Waals surface area contributed by atoms with Gasteiger partial charge in [0.05, 0.1) is 16.8 Å². The number of ether oxygens (including phenoxy) is 1. The first-order chi connectivity index (χ1) is 11.8. The smallest absolute Gasteiger partial charge is 0.171 e. The minimum Gasteiger partial charge on any atom is -0.486 e. The van der Waals surface area contributed by atoms with E-state index in [1.165, 1.54) is 0 Å². The summed E-state index contributed by atoms with van der Waals surface area (Å²) in [5, 5.41) is 13.8. The molecule has 0 aliphatic carbocycles. The van der Waals surface area contributed by atoms with E-state index in [0.29, 0.717) is 16.5 Å². The van der Waals surface area contributed by atoms with Crippen molar-refractivity contribution in [3.05, 3.63) is 47.2 Å². The Morgan fingerprint density at radius 2 is 2.21 bits per heavy atom. The van der Waals surface area contributed by atoms with Gasteiger partial charge in [-0.3, -0.25) is 0 Å². The number of H-pyrrole nitrogens is 1. The number of benzene rings is 1. The third kappa shape index (κ3) is 2.60. The average Bonchev–Trinajstić information content (AvgIpc) is 3.26. The molecule has 1 aliphatic rings. The first-order valence-electron chi connectivity index (χ1n) is 7.81. The maximum atomic E-state index is 9.20. The second-order valence-corrected chi connectivity index (χ2v) is 6.12. The zero-order chi connectivity index (χ0) is 16.5. The van der Waals surface area contributed by atoms with Gasteiger partial charge in [0.25, 0.3) is 0 Å². The van der Waals surface area contributed by atoms with Crippen LogP contribution in [0.25, 0.3) is 22.2 Å². The summed E-state index contributed by atoms with van der Waals surface area (Å²) in [6.07, 6.45) is 2.96. The van der Waals surface area contributed by atoms with Gasteiger partial charge < -0.3 is 15.0 Å². The highest BCUT2D eigenvalue weighted by atomic mass is 35.5. The average molecular weight is 339 g/mol. The highest BCUT2D eigenvalue weighted by molar-refractivity contribution is 6.31. The first-order valence-corrected chi connectivity index (χ1v) is 8.18. The van der Waals surface area contributed by atoms with E-state index < -0.39 is 0 Å². The molecule has 0 spiro atoms. The van der Waals surface area contributed by atoms with E-state index in [1.807, 2.05) is 30.5 Å². The second-order valence-electron chi connectivity index (χ2n) is 5.76. The summed E-state index contributed by atoms with van der Waals surface area (Å²) >= 11 is 6.32. The van der Waals surface area contributed by atoms with Gasteiger partial charge in [-0.1, -0.05) is 23.7 Å². The van der Waals surface area contributed by atoms with Gasteiger partial charge in [0.1, 0.15) is 12.2 Å². The van der Waals surface area contributed by atoms with Gasteiger partial charge in [0.15, 0.2) is 10.9 Å². The SMILES string of the molecule is N#Cc1cccc2c(-c3ccc(OC4CCNC4)c(Cl)n3)c[nH]c12. The number of halogens is 1. The minimum atomic E-state index is 0.140. The number of nitriles is 1. The van der Waals surface area contributed by atoms with Crippen molar-refractivity contribution in [2.45, 2.75) is 12.5 Å². The van der Waals surface area contributed by atoms with Crippen LogP contribution in [-0.4, -0.2) is 29.2 Å². The van der Waals surface area contributed by atoms with E-state index >= 15 is 0 Å². The number of rotatable bonds is 3. The molecule has 0 radical (unpaired) electrons. The molecule has 4 rings (SSSR count). The molecule has 0 saturated carbocycles. The largest absolute Gasteiger partial charge is 0.486 e. The van der Waals surface area contributed by atoms with Crippen molar-refractivity contribution in [3.8, 4) is 23.1 Å². The third-order valence-corrected chi connectivity index (χ3v) is 4.51. The number of aromatic nitrogens is 2. The topological polar surface area (TPSA) is 73.7 Å². The molecule has 1 unspecified atom stereocenters. The van der Waals surface area contributed by atoms with Crippen molar-refractivity contribution in [1.29, 1.82) is 5.26 Å². The zero-order valence-corrected chi connectivity index (χ0v) is 13.6. The van der Waals surface area contributed by atoms with Crippen molar-refractivity contribution >= 4 is 22.5 Å². The molecule has 3 heterocycles. The van der Waals surface area contributed by atoms with Gasteiger partial charge in [-0.2, -0.15) is 5.26 Å². The zero-order valence-electron chi connectivity index (χ0n) is 12.8. The van der Waals surface area contributed by atoms with Gasteiger partial charge in [-0.05, 0) is 31.2 Å². The Hall–Kier alpha value is -2.55. The Kier molecular flexibility index (Phi) is 3.85. The molecule has 1 saturated heterocycles. The Bertz CT molecular complexity index is 938. The Balaban J connectivity index is 1.70. The van der Waals surface area contributed by atoms with Gasteiger partial charge >= 0.3 is 0 Å². The fourth-order valence-electron chi connectivity index (χ4n) is 3.03. The van der Waals surface area contributed by atoms with Crippen LogP contribution in [-0.2, 0) is 0 Å². The van der Waals surface area contributed by atoms with Crippen LogP contribution in [0.4, 0.5) is 0 Å². The Labute approximate surface area is 144 Å². The third-order valence-electron chi connectivity index (χ3n) is 4.24. The van der Waals surface area contributed by atoms with E-state index in [0.717, 1.165) is 41.7 Å². The molecule has 24 heavy (non-hydrogen) atoms. The lowest BCUT2D eigenvalue weighted by molar-refractivity contribution is 0.222. The molecule has 2 N–H and O–H groups in total. The molecular weight excluding hydrogens is 324 g/mol. The number of nitrogens with one attached hydrogen (secondary N) is 2. The van der Waals surface area contributed by atoms with Crippen LogP contribution in [0.2, 0.25) is 5.15 Å². The maximum Gasteiger partial charge on any atom is 0.171 e. The number of hydrogen-bond donors (Lipinski definition) is 2. The lowest BCUT2D eigenvalue weighted by Gasteiger charge is -2.13. The minimum absolute atomic E-state index is 0.140. The predicted octanol–water partition coefficient (Wildman–Crippen LogP) is 3.50. The van der Waals surface area contributed by atoms with Crippen LogP contribution in [0.3, 0.4) is 0 Å². The molecular formula is C18H15ClN4O. The molecule has 1 atom stereocenters. The van der Waals surface area contributed by atoms with Crippen LogP contribution in [0.1, 0.15) is 12.0 Å². The molecule has 0 bridgehead atoms. The maximum absolute atomic E-state index is 9.20. The number of hydrogen-bond acceptors (Lipinski definition) is 4. The second kappa shape index (κ2) is 6.16. The molecule has 6 heteroatoms. The molecule has 1 aromatic carbocycles. The van der Waals surface area contributed by atoms with Crippen molar-refractivity contribution in [2.24, 2.45) is 0 Å². The molecule has 1 fully saturated rings. The molecule has 120 valence electrons. The Morgan fingerprint density at radius 1 is 1.29 bits per heavy atom. The fraction of sp³-hybridized carbons (Fsp3) is 0.222. The molecule has 3 aromatic rings. The highest BCUT2D eigenvalue weighted by Gasteiger charge is 2.18. The van der Waals surface area contributed by atoms with Crippen LogP contribution in [0.5, 0.6) is 5.75 Å². The van der Waals surface area contributed by atoms with Gasteiger partial charge in [-0.15, -0.1) is 0 Å². The number of aromatic amines is 1. The predicted molar refractivity (Wildman–Crippen MR) is 93.2 cm³/mol. The summed E-state index contributed by atoms with van der Waals surface area (Å²) in [6, 6.07) is 11.6. The van der Waals surface area contributed by atoms with Crippen molar-refractivity contribution in [1.82, 2.24) is 15.3 Å². The molecule has 5 nitrogen and oxygen atoms in total.